The molecule has 2 radical (unpaired) electrons. The molecule has 0 N–H and O–H groups in total. The van der Waals surface area contributed by atoms with Gasteiger partial charge in [0.25, 0.3) is 0 Å². The molecule has 0 atom stereocenters. The molecule has 3 nitrogen and oxygen atoms in total. The minimum absolute atomic E-state index is 0.595. The molecule has 1 aromatic heterocycles. The summed E-state index contributed by atoms with van der Waals surface area (Å²) in [5, 5.41) is 4.38. The van der Waals surface area contributed by atoms with Crippen LogP contribution >= 0.6 is 0 Å². The quantitative estimate of drug-likeness (QED) is 0.795. The Morgan fingerprint density at radius 3 is 2.72 bits per heavy atom. The minimum atomic E-state index is 0.595. The Labute approximate surface area is 121 Å². The third kappa shape index (κ3) is 3.63. The number of benzene rings is 1. The van der Waals surface area contributed by atoms with Crippen LogP contribution in [0.3, 0.4) is 0 Å². The maximum atomic E-state index is 5.56. The van der Waals surface area contributed by atoms with E-state index in [-0.39, 0.29) is 0 Å². The van der Waals surface area contributed by atoms with Gasteiger partial charge in [0.15, 0.2) is 0 Å². The third-order valence-corrected chi connectivity index (χ3v) is 3.17. The predicted molar refractivity (Wildman–Crippen MR) is 74.7 cm³/mol. The molecule has 0 aliphatic carbocycles. The average Bonchev–Trinajstić information content (AvgIpc) is 2.78. The van der Waals surface area contributed by atoms with E-state index in [9.17, 15) is 0 Å². The number of allylic oxidation sites excluding steroid dienone is 1. The van der Waals surface area contributed by atoms with Gasteiger partial charge in [0, 0.05) is 0 Å². The van der Waals surface area contributed by atoms with E-state index in [1.165, 1.54) is 9.15 Å². The monoisotopic (exact) mass is 348 g/mol. The van der Waals surface area contributed by atoms with E-state index in [4.69, 9.17) is 4.74 Å². The topological polar surface area (TPSA) is 27.1 Å². The Morgan fingerprint density at radius 1 is 1.33 bits per heavy atom. The summed E-state index contributed by atoms with van der Waals surface area (Å²) in [6.45, 7) is 4.78. The first kappa shape index (κ1) is 13.2. The van der Waals surface area contributed by atoms with Gasteiger partial charge in [-0.2, -0.15) is 0 Å². The van der Waals surface area contributed by atoms with Gasteiger partial charge >= 0.3 is 121 Å². The molecule has 4 heteroatoms. The van der Waals surface area contributed by atoms with E-state index in [0.717, 1.165) is 28.2 Å². The average molecular weight is 347 g/mol. The molecule has 0 bridgehead atoms. The molecule has 0 unspecified atom stereocenters. The van der Waals surface area contributed by atoms with Crippen LogP contribution in [0.5, 0.6) is 5.88 Å². The van der Waals surface area contributed by atoms with Crippen molar-refractivity contribution in [2.45, 2.75) is 13.8 Å². The summed E-state index contributed by atoms with van der Waals surface area (Å²) in [4.78, 5) is 0. The molecular weight excluding hydrogens is 331 g/mol. The Balaban J connectivity index is 2.06. The van der Waals surface area contributed by atoms with Gasteiger partial charge in [0.1, 0.15) is 0 Å². The zero-order valence-electron chi connectivity index (χ0n) is 10.6. The molecule has 0 fully saturated rings. The van der Waals surface area contributed by atoms with Crippen molar-refractivity contribution >= 4 is 22.5 Å². The van der Waals surface area contributed by atoms with Crippen molar-refractivity contribution in [3.8, 4) is 11.6 Å². The Bertz CT molecular complexity index is 539. The second-order valence-electron chi connectivity index (χ2n) is 4.19. The van der Waals surface area contributed by atoms with E-state index < -0.39 is 0 Å². The van der Waals surface area contributed by atoms with Crippen LogP contribution in [0.1, 0.15) is 12.5 Å². The number of rotatable bonds is 4. The number of hydrogen-bond donors (Lipinski definition) is 0. The molecule has 2 rings (SSSR count). The van der Waals surface area contributed by atoms with Crippen LogP contribution in [0.4, 0.5) is 0 Å². The molecule has 92 valence electrons. The van der Waals surface area contributed by atoms with Crippen molar-refractivity contribution in [1.82, 2.24) is 9.78 Å². The third-order valence-electron chi connectivity index (χ3n) is 2.50. The van der Waals surface area contributed by atoms with E-state index >= 15 is 0 Å². The van der Waals surface area contributed by atoms with Gasteiger partial charge in [-0.1, -0.05) is 0 Å². The summed E-state index contributed by atoms with van der Waals surface area (Å²) < 4.78 is 8.75. The van der Waals surface area contributed by atoms with Crippen LogP contribution in [0, 0.1) is 6.92 Å². The summed E-state index contributed by atoms with van der Waals surface area (Å²) in [5.41, 5.74) is 2.29. The van der Waals surface area contributed by atoms with Crippen LogP contribution in [-0.4, -0.2) is 38.9 Å². The number of hydrogen-bond acceptors (Lipinski definition) is 2. The zero-order chi connectivity index (χ0) is 13.0. The van der Waals surface area contributed by atoms with Crippen molar-refractivity contribution < 1.29 is 4.74 Å². The van der Waals surface area contributed by atoms with Gasteiger partial charge in [-0.25, -0.2) is 0 Å². The summed E-state index contributed by atoms with van der Waals surface area (Å²) >= 11 is 1.15. The fourth-order valence-corrected chi connectivity index (χ4v) is 1.76. The maximum absolute atomic E-state index is 5.56. The molecule has 0 spiro atoms. The molecule has 18 heavy (non-hydrogen) atoms. The van der Waals surface area contributed by atoms with E-state index in [2.05, 4.69) is 37.2 Å². The van der Waals surface area contributed by atoms with E-state index in [1.807, 2.05) is 29.1 Å². The van der Waals surface area contributed by atoms with Crippen molar-refractivity contribution in [3.63, 3.8) is 0 Å². The van der Waals surface area contributed by atoms with Gasteiger partial charge in [-0.05, 0) is 0 Å². The van der Waals surface area contributed by atoms with Gasteiger partial charge in [-0.15, -0.1) is 0 Å². The molecule has 0 saturated carbocycles. The molecule has 1 aromatic carbocycles. The SMILES string of the molecule is C/[C]([SnH])=C/COc1ccn(-c2ccc(C)cc2)n1. The van der Waals surface area contributed by atoms with Gasteiger partial charge < -0.3 is 0 Å². The normalized spacial score (nSPS) is 11.6. The Kier molecular flexibility index (Phi) is 4.47. The van der Waals surface area contributed by atoms with E-state index in [0.29, 0.717) is 12.5 Å². The number of ether oxygens (including phenoxy) is 1. The fourth-order valence-electron chi connectivity index (χ4n) is 1.48. The van der Waals surface area contributed by atoms with Gasteiger partial charge in [0.2, 0.25) is 0 Å². The van der Waals surface area contributed by atoms with Gasteiger partial charge in [-0.3, -0.25) is 0 Å². The van der Waals surface area contributed by atoms with Crippen molar-refractivity contribution in [2.75, 3.05) is 6.61 Å². The molecule has 0 saturated heterocycles. The molecule has 0 aliphatic rings. The fraction of sp³-hybridized carbons (Fsp3) is 0.214. The standard InChI is InChI=1S/C14H15N2O.Sn.H/c1-3-4-11-17-14-9-10-16(15-14)13-7-5-12(2)6-8-13;;/h4-10H,11H2,1-2H3;;. The Morgan fingerprint density at radius 2 is 2.06 bits per heavy atom. The van der Waals surface area contributed by atoms with Crippen LogP contribution < -0.4 is 4.74 Å². The Hall–Kier alpha value is -1.23. The molecule has 0 amide bonds. The number of aryl methyl sites for hydroxylation is 1. The van der Waals surface area contributed by atoms with Crippen LogP contribution in [0.25, 0.3) is 5.69 Å². The van der Waals surface area contributed by atoms with Crippen LogP contribution in [0.15, 0.2) is 46.2 Å². The van der Waals surface area contributed by atoms with Crippen molar-refractivity contribution in [1.29, 1.82) is 0 Å². The molecule has 2 aromatic rings. The second kappa shape index (κ2) is 6.09. The summed E-state index contributed by atoms with van der Waals surface area (Å²) in [5.74, 6) is 0.661. The zero-order valence-corrected chi connectivity index (χ0v) is 13.9. The number of aromatic nitrogens is 2. The predicted octanol–water partition coefficient (Wildman–Crippen LogP) is 2.36. The van der Waals surface area contributed by atoms with Crippen LogP contribution in [-0.2, 0) is 0 Å². The second-order valence-corrected chi connectivity index (χ2v) is 6.79. The van der Waals surface area contributed by atoms with E-state index in [1.54, 1.807) is 0 Å². The van der Waals surface area contributed by atoms with Crippen molar-refractivity contribution in [3.05, 3.63) is 51.8 Å². The first-order valence-electron chi connectivity index (χ1n) is 5.83. The molecule has 0 aliphatic heterocycles. The first-order valence-corrected chi connectivity index (χ1v) is 7.48. The summed E-state index contributed by atoms with van der Waals surface area (Å²) in [7, 11) is 0. The molecular formula is C14H16N2OSn. The first-order chi connectivity index (χ1) is 8.65. The summed E-state index contributed by atoms with van der Waals surface area (Å²) in [6, 6.07) is 10.1. The van der Waals surface area contributed by atoms with Crippen molar-refractivity contribution in [2.24, 2.45) is 0 Å². The number of nitrogens with zero attached hydrogens (tertiary/aromatic N) is 2. The summed E-state index contributed by atoms with van der Waals surface area (Å²) in [6.07, 6.45) is 4.00. The molecule has 1 heterocycles. The van der Waals surface area contributed by atoms with Crippen LogP contribution in [0.2, 0.25) is 0 Å². The van der Waals surface area contributed by atoms with Gasteiger partial charge in [0.05, 0.1) is 0 Å².